The van der Waals surface area contributed by atoms with Gasteiger partial charge in [-0.1, -0.05) is 164 Å². The summed E-state index contributed by atoms with van der Waals surface area (Å²) in [6, 6.07) is 64.2. The summed E-state index contributed by atoms with van der Waals surface area (Å²) in [5.41, 5.74) is 13.9. The molecule has 8 aromatic carbocycles. The maximum Gasteiger partial charge on any atom is 0.164 e. The van der Waals surface area contributed by atoms with Crippen LogP contribution in [0.5, 0.6) is 0 Å². The van der Waals surface area contributed by atoms with Crippen LogP contribution in [0.25, 0.3) is 89.1 Å². The van der Waals surface area contributed by atoms with Gasteiger partial charge in [0.1, 0.15) is 0 Å². The van der Waals surface area contributed by atoms with Crippen LogP contribution in [0.3, 0.4) is 0 Å². The number of nitrogens with zero attached hydrogens (tertiary/aromatic N) is 3. The second-order valence-electron chi connectivity index (χ2n) is 18.0. The second-order valence-corrected chi connectivity index (χ2v) is 18.0. The summed E-state index contributed by atoms with van der Waals surface area (Å²) in [5, 5.41) is 5.12. The highest BCUT2D eigenvalue weighted by molar-refractivity contribution is 5.99. The van der Waals surface area contributed by atoms with E-state index in [1.165, 1.54) is 70.7 Å². The molecule has 0 saturated heterocycles. The number of aromatic nitrogens is 3. The lowest BCUT2D eigenvalue weighted by molar-refractivity contribution is -0.0393. The molecule has 4 fully saturated rings. The second kappa shape index (κ2) is 13.1. The first-order valence-corrected chi connectivity index (χ1v) is 21.9. The van der Waals surface area contributed by atoms with Crippen molar-refractivity contribution in [1.29, 1.82) is 0 Å². The first kappa shape index (κ1) is 34.2. The van der Waals surface area contributed by atoms with Crippen LogP contribution in [0, 0.1) is 23.7 Å². The molecule has 14 rings (SSSR count). The van der Waals surface area contributed by atoms with Gasteiger partial charge in [-0.25, -0.2) is 15.0 Å². The normalized spacial score (nSPS) is 22.1. The Morgan fingerprint density at radius 1 is 0.350 bits per heavy atom. The molecule has 0 atom stereocenters. The Balaban J connectivity index is 0.947. The van der Waals surface area contributed by atoms with Gasteiger partial charge < -0.3 is 0 Å². The largest absolute Gasteiger partial charge is 0.208 e. The SMILES string of the molecule is c1ccc(-c2ccc(-c3nc(-c4cccc(-c5ccc6c(c5)-c5ccc7ccccc7c5C65C6CC7CC(C6)CC5C7)c4)nc(-c4cccc5ccccc45)n3)cc2)cc1. The van der Waals surface area contributed by atoms with Gasteiger partial charge in [-0.2, -0.15) is 0 Å². The van der Waals surface area contributed by atoms with Crippen LogP contribution in [0.4, 0.5) is 0 Å². The molecule has 1 aromatic heterocycles. The van der Waals surface area contributed by atoms with Gasteiger partial charge in [0.2, 0.25) is 0 Å². The maximum absolute atomic E-state index is 5.24. The van der Waals surface area contributed by atoms with Crippen molar-refractivity contribution in [2.45, 2.75) is 37.5 Å². The summed E-state index contributed by atoms with van der Waals surface area (Å²) in [4.78, 5) is 15.6. The van der Waals surface area contributed by atoms with E-state index in [0.717, 1.165) is 56.7 Å². The Kier molecular flexibility index (Phi) is 7.49. The van der Waals surface area contributed by atoms with E-state index in [-0.39, 0.29) is 5.41 Å². The van der Waals surface area contributed by atoms with Crippen molar-refractivity contribution in [2.75, 3.05) is 0 Å². The fraction of sp³-hybridized carbons (Fsp3) is 0.175. The van der Waals surface area contributed by atoms with Crippen molar-refractivity contribution >= 4 is 21.5 Å². The lowest BCUT2D eigenvalue weighted by atomic mass is 9.43. The maximum atomic E-state index is 5.24. The molecule has 286 valence electrons. The zero-order valence-corrected chi connectivity index (χ0v) is 33.4. The summed E-state index contributed by atoms with van der Waals surface area (Å²) in [7, 11) is 0. The highest BCUT2D eigenvalue weighted by Gasteiger charge is 2.62. The topological polar surface area (TPSA) is 38.7 Å². The van der Waals surface area contributed by atoms with Gasteiger partial charge in [0.05, 0.1) is 0 Å². The number of benzene rings is 8. The van der Waals surface area contributed by atoms with E-state index in [0.29, 0.717) is 17.5 Å². The van der Waals surface area contributed by atoms with Crippen LogP contribution in [0.15, 0.2) is 176 Å². The van der Waals surface area contributed by atoms with Crippen molar-refractivity contribution in [3.8, 4) is 67.5 Å². The van der Waals surface area contributed by atoms with Crippen LogP contribution in [0.1, 0.15) is 43.2 Å². The van der Waals surface area contributed by atoms with Gasteiger partial charge in [-0.3, -0.25) is 0 Å². The first-order chi connectivity index (χ1) is 29.7. The molecule has 0 aliphatic heterocycles. The van der Waals surface area contributed by atoms with E-state index in [2.05, 4.69) is 176 Å². The van der Waals surface area contributed by atoms with E-state index in [1.54, 1.807) is 11.1 Å². The molecule has 9 aromatic rings. The van der Waals surface area contributed by atoms with Crippen molar-refractivity contribution < 1.29 is 0 Å². The van der Waals surface area contributed by atoms with Crippen molar-refractivity contribution in [3.05, 3.63) is 187 Å². The number of hydrogen-bond acceptors (Lipinski definition) is 3. The summed E-state index contributed by atoms with van der Waals surface area (Å²) in [6.45, 7) is 0. The molecule has 0 amide bonds. The van der Waals surface area contributed by atoms with E-state index in [4.69, 9.17) is 15.0 Å². The fourth-order valence-corrected chi connectivity index (χ4v) is 12.6. The summed E-state index contributed by atoms with van der Waals surface area (Å²) in [6.07, 6.45) is 6.98. The van der Waals surface area contributed by atoms with Crippen LogP contribution in [0.2, 0.25) is 0 Å². The quantitative estimate of drug-likeness (QED) is 0.175. The zero-order chi connectivity index (χ0) is 39.4. The Hall–Kier alpha value is -6.71. The Morgan fingerprint density at radius 2 is 0.900 bits per heavy atom. The number of rotatable bonds is 5. The smallest absolute Gasteiger partial charge is 0.164 e. The Morgan fingerprint density at radius 3 is 1.68 bits per heavy atom. The predicted molar refractivity (Wildman–Crippen MR) is 245 cm³/mol. The van der Waals surface area contributed by atoms with Gasteiger partial charge in [0, 0.05) is 22.1 Å². The Bertz CT molecular complexity index is 3130. The van der Waals surface area contributed by atoms with Gasteiger partial charge in [0.15, 0.2) is 17.5 Å². The van der Waals surface area contributed by atoms with E-state index in [9.17, 15) is 0 Å². The van der Waals surface area contributed by atoms with Gasteiger partial charge in [-0.15, -0.1) is 0 Å². The van der Waals surface area contributed by atoms with Crippen molar-refractivity contribution in [3.63, 3.8) is 0 Å². The molecule has 3 nitrogen and oxygen atoms in total. The molecule has 60 heavy (non-hydrogen) atoms. The molecule has 1 heterocycles. The van der Waals surface area contributed by atoms with Crippen molar-refractivity contribution in [2.24, 2.45) is 23.7 Å². The van der Waals surface area contributed by atoms with Crippen LogP contribution >= 0.6 is 0 Å². The lowest BCUT2D eigenvalue weighted by Gasteiger charge is -2.61. The van der Waals surface area contributed by atoms with Crippen LogP contribution in [-0.2, 0) is 5.41 Å². The van der Waals surface area contributed by atoms with Crippen LogP contribution < -0.4 is 0 Å². The zero-order valence-electron chi connectivity index (χ0n) is 33.4. The molecule has 5 aliphatic rings. The summed E-state index contributed by atoms with van der Waals surface area (Å²) in [5.74, 6) is 5.26. The fourth-order valence-electron chi connectivity index (χ4n) is 12.6. The average Bonchev–Trinajstić information content (AvgIpc) is 3.61. The monoisotopic (exact) mass is 769 g/mol. The predicted octanol–water partition coefficient (Wildman–Crippen LogP) is 14.2. The number of fused-ring (bicyclic) bond motifs is 6. The summed E-state index contributed by atoms with van der Waals surface area (Å²) < 4.78 is 0. The molecule has 4 bridgehead atoms. The highest BCUT2D eigenvalue weighted by atomic mass is 15.0. The van der Waals surface area contributed by atoms with E-state index in [1.807, 2.05) is 0 Å². The van der Waals surface area contributed by atoms with Gasteiger partial charge in [-0.05, 0) is 134 Å². The molecule has 0 N–H and O–H groups in total. The molecule has 4 saturated carbocycles. The highest BCUT2D eigenvalue weighted by Crippen LogP contribution is 2.70. The third-order valence-corrected chi connectivity index (χ3v) is 14.9. The standard InChI is InChI=1S/C57H43N3/c1-2-10-37(11-3-1)38-20-22-41(23-21-38)54-58-55(60-56(59-54)50-19-9-14-39-12-4-6-17-47(39)50)44-16-8-15-42(33-44)43-25-27-52-51(34-43)49-26-24-40-13-5-7-18-48(40)53(49)57(52)45-29-35-28-36(31-45)32-46(57)30-35/h1-27,33-36,45-46H,28-32H2. The number of hydrogen-bond donors (Lipinski definition) is 0. The van der Waals surface area contributed by atoms with Gasteiger partial charge in [0.25, 0.3) is 0 Å². The minimum absolute atomic E-state index is 0.109. The molecule has 5 aliphatic carbocycles. The average molecular weight is 770 g/mol. The molecule has 1 spiro atoms. The lowest BCUT2D eigenvalue weighted by Crippen LogP contribution is -2.55. The third-order valence-electron chi connectivity index (χ3n) is 14.9. The molecular weight excluding hydrogens is 727 g/mol. The molecular formula is C57H43N3. The molecule has 0 unspecified atom stereocenters. The Labute approximate surface area is 350 Å². The molecule has 0 radical (unpaired) electrons. The van der Waals surface area contributed by atoms with E-state index < -0.39 is 0 Å². The van der Waals surface area contributed by atoms with Gasteiger partial charge >= 0.3 is 0 Å². The minimum Gasteiger partial charge on any atom is -0.208 e. The van der Waals surface area contributed by atoms with E-state index >= 15 is 0 Å². The third kappa shape index (κ3) is 5.11. The first-order valence-electron chi connectivity index (χ1n) is 21.9. The van der Waals surface area contributed by atoms with Crippen molar-refractivity contribution in [1.82, 2.24) is 15.0 Å². The minimum atomic E-state index is 0.109. The molecule has 3 heteroatoms. The van der Waals surface area contributed by atoms with Crippen LogP contribution in [-0.4, -0.2) is 15.0 Å². The summed E-state index contributed by atoms with van der Waals surface area (Å²) >= 11 is 0.